The number of rotatable bonds is 3. The Morgan fingerprint density at radius 1 is 0.833 bits per heavy atom. The monoisotopic (exact) mass is 326 g/mol. The van der Waals surface area contributed by atoms with Crippen molar-refractivity contribution in [1.29, 1.82) is 0 Å². The first-order chi connectivity index (χ1) is 11.7. The summed E-state index contributed by atoms with van der Waals surface area (Å²) in [5.41, 5.74) is 2.34. The fourth-order valence-corrected chi connectivity index (χ4v) is 3.61. The van der Waals surface area contributed by atoms with Gasteiger partial charge in [-0.15, -0.1) is 0 Å². The van der Waals surface area contributed by atoms with E-state index in [2.05, 4.69) is 32.0 Å². The molecule has 0 aliphatic carbocycles. The normalized spacial score (nSPS) is 28.1. The second-order valence-corrected chi connectivity index (χ2v) is 6.58. The van der Waals surface area contributed by atoms with Gasteiger partial charge in [-0.25, -0.2) is 0 Å². The van der Waals surface area contributed by atoms with E-state index in [0.29, 0.717) is 18.6 Å². The lowest BCUT2D eigenvalue weighted by Crippen LogP contribution is -2.09. The Morgan fingerprint density at radius 2 is 1.46 bits per heavy atom. The Hall–Kier alpha value is -2.20. The second kappa shape index (κ2) is 6.02. The molecule has 0 N–H and O–H groups in total. The maximum absolute atomic E-state index is 6.45. The van der Waals surface area contributed by atoms with Gasteiger partial charge in [0.2, 0.25) is 6.79 Å². The molecule has 0 saturated carbocycles. The molecule has 24 heavy (non-hydrogen) atoms. The van der Waals surface area contributed by atoms with E-state index < -0.39 is 0 Å². The van der Waals surface area contributed by atoms with E-state index in [4.69, 9.17) is 18.9 Å². The van der Waals surface area contributed by atoms with Gasteiger partial charge in [0.15, 0.2) is 11.5 Å². The smallest absolute Gasteiger partial charge is 0.231 e. The van der Waals surface area contributed by atoms with Gasteiger partial charge >= 0.3 is 0 Å². The summed E-state index contributed by atoms with van der Waals surface area (Å²) in [6, 6.07) is 14.3. The lowest BCUT2D eigenvalue weighted by atomic mass is 9.85. The number of fused-ring (bicyclic) bond motifs is 1. The van der Waals surface area contributed by atoms with Gasteiger partial charge in [0, 0.05) is 0 Å². The van der Waals surface area contributed by atoms with Crippen LogP contribution in [0.15, 0.2) is 42.5 Å². The lowest BCUT2D eigenvalue weighted by molar-refractivity contribution is 0.0289. The highest BCUT2D eigenvalue weighted by atomic mass is 16.7. The van der Waals surface area contributed by atoms with Gasteiger partial charge in [-0.05, 0) is 47.2 Å². The fourth-order valence-electron chi connectivity index (χ4n) is 3.61. The van der Waals surface area contributed by atoms with Gasteiger partial charge in [-0.3, -0.25) is 0 Å². The molecule has 2 aromatic rings. The molecule has 126 valence electrons. The highest BCUT2D eigenvalue weighted by Gasteiger charge is 2.40. The third-order valence-corrected chi connectivity index (χ3v) is 5.25. The molecule has 4 atom stereocenters. The van der Waals surface area contributed by atoms with Gasteiger partial charge in [-0.1, -0.05) is 32.0 Å². The summed E-state index contributed by atoms with van der Waals surface area (Å²) >= 11 is 0. The molecule has 4 heteroatoms. The quantitative estimate of drug-likeness (QED) is 0.831. The van der Waals surface area contributed by atoms with E-state index in [1.165, 1.54) is 5.56 Å². The van der Waals surface area contributed by atoms with Crippen LogP contribution in [0.5, 0.6) is 17.2 Å². The molecule has 0 bridgehead atoms. The molecule has 2 aliphatic heterocycles. The zero-order valence-corrected chi connectivity index (χ0v) is 14.2. The zero-order chi connectivity index (χ0) is 16.7. The van der Waals surface area contributed by atoms with Crippen molar-refractivity contribution in [1.82, 2.24) is 0 Å². The van der Waals surface area contributed by atoms with Gasteiger partial charge in [-0.2, -0.15) is 0 Å². The molecule has 4 rings (SSSR count). The summed E-state index contributed by atoms with van der Waals surface area (Å²) in [7, 11) is 1.68. The van der Waals surface area contributed by atoms with E-state index in [-0.39, 0.29) is 12.2 Å². The minimum atomic E-state index is 0.0570. The zero-order valence-electron chi connectivity index (χ0n) is 14.2. The maximum atomic E-state index is 6.45. The minimum Gasteiger partial charge on any atom is -0.497 e. The molecule has 4 nitrogen and oxygen atoms in total. The number of ether oxygens (including phenoxy) is 4. The molecular formula is C20H22O4. The van der Waals surface area contributed by atoms with Crippen molar-refractivity contribution in [2.24, 2.45) is 11.8 Å². The molecule has 2 heterocycles. The number of methoxy groups -OCH3 is 1. The van der Waals surface area contributed by atoms with Crippen molar-refractivity contribution in [3.63, 3.8) is 0 Å². The summed E-state index contributed by atoms with van der Waals surface area (Å²) in [4.78, 5) is 0. The van der Waals surface area contributed by atoms with Crippen LogP contribution in [0.25, 0.3) is 0 Å². The standard InChI is InChI=1S/C20H22O4/c1-12-13(2)20(15-6-9-17-18(10-15)23-11-22-17)24-19(12)14-4-7-16(21-3)8-5-14/h4-10,12-13,19-20H,11H2,1-3H3. The summed E-state index contributed by atoms with van der Waals surface area (Å²) in [6.45, 7) is 4.81. The maximum Gasteiger partial charge on any atom is 0.231 e. The van der Waals surface area contributed by atoms with Crippen LogP contribution >= 0.6 is 0 Å². The summed E-state index contributed by atoms with van der Waals surface area (Å²) in [6.07, 6.45) is 0.142. The molecule has 0 spiro atoms. The topological polar surface area (TPSA) is 36.9 Å². The Morgan fingerprint density at radius 3 is 2.17 bits per heavy atom. The van der Waals surface area contributed by atoms with Gasteiger partial charge in [0.05, 0.1) is 19.3 Å². The van der Waals surface area contributed by atoms with Gasteiger partial charge < -0.3 is 18.9 Å². The molecule has 0 amide bonds. The van der Waals surface area contributed by atoms with E-state index in [1.807, 2.05) is 24.3 Å². The Kier molecular flexibility index (Phi) is 3.85. The predicted octanol–water partition coefficient (Wildman–Crippen LogP) is 4.51. The highest BCUT2D eigenvalue weighted by molar-refractivity contribution is 5.45. The molecular weight excluding hydrogens is 304 g/mol. The largest absolute Gasteiger partial charge is 0.497 e. The van der Waals surface area contributed by atoms with Crippen LogP contribution in [-0.2, 0) is 4.74 Å². The molecule has 0 aromatic heterocycles. The summed E-state index contributed by atoms with van der Waals surface area (Å²) in [5, 5.41) is 0. The van der Waals surface area contributed by atoms with Crippen LogP contribution in [0.2, 0.25) is 0 Å². The van der Waals surface area contributed by atoms with Gasteiger partial charge in [0.25, 0.3) is 0 Å². The third-order valence-electron chi connectivity index (χ3n) is 5.25. The van der Waals surface area contributed by atoms with Crippen molar-refractivity contribution in [3.05, 3.63) is 53.6 Å². The summed E-state index contributed by atoms with van der Waals surface area (Å²) in [5.74, 6) is 3.32. The Balaban J connectivity index is 1.59. The van der Waals surface area contributed by atoms with E-state index in [9.17, 15) is 0 Å². The fraction of sp³-hybridized carbons (Fsp3) is 0.400. The first kappa shape index (κ1) is 15.3. The van der Waals surface area contributed by atoms with E-state index >= 15 is 0 Å². The SMILES string of the molecule is COc1ccc(C2OC(c3ccc4c(c3)OCO4)C(C)C2C)cc1. The number of hydrogen-bond donors (Lipinski definition) is 0. The highest BCUT2D eigenvalue weighted by Crippen LogP contribution is 2.50. The van der Waals surface area contributed by atoms with Crippen molar-refractivity contribution in [2.75, 3.05) is 13.9 Å². The molecule has 1 fully saturated rings. The van der Waals surface area contributed by atoms with Gasteiger partial charge in [0.1, 0.15) is 5.75 Å². The number of benzene rings is 2. The van der Waals surface area contributed by atoms with Crippen LogP contribution in [-0.4, -0.2) is 13.9 Å². The van der Waals surface area contributed by atoms with Crippen LogP contribution in [0.3, 0.4) is 0 Å². The van der Waals surface area contributed by atoms with Crippen LogP contribution in [0.4, 0.5) is 0 Å². The van der Waals surface area contributed by atoms with Crippen LogP contribution in [0, 0.1) is 11.8 Å². The van der Waals surface area contributed by atoms with Crippen molar-refractivity contribution in [3.8, 4) is 17.2 Å². The molecule has 2 aliphatic rings. The summed E-state index contributed by atoms with van der Waals surface area (Å²) < 4.78 is 22.6. The van der Waals surface area contributed by atoms with Crippen LogP contribution < -0.4 is 14.2 Å². The van der Waals surface area contributed by atoms with E-state index in [0.717, 1.165) is 22.8 Å². The average molecular weight is 326 g/mol. The number of hydrogen-bond acceptors (Lipinski definition) is 4. The lowest BCUT2D eigenvalue weighted by Gasteiger charge is -2.17. The minimum absolute atomic E-state index is 0.0570. The van der Waals surface area contributed by atoms with Crippen molar-refractivity contribution >= 4 is 0 Å². The second-order valence-electron chi connectivity index (χ2n) is 6.58. The first-order valence-electron chi connectivity index (χ1n) is 8.36. The molecule has 2 aromatic carbocycles. The van der Waals surface area contributed by atoms with Crippen molar-refractivity contribution in [2.45, 2.75) is 26.1 Å². The first-order valence-corrected chi connectivity index (χ1v) is 8.36. The van der Waals surface area contributed by atoms with Crippen molar-refractivity contribution < 1.29 is 18.9 Å². The molecule has 1 saturated heterocycles. The van der Waals surface area contributed by atoms with Crippen LogP contribution in [0.1, 0.15) is 37.2 Å². The third kappa shape index (κ3) is 2.51. The Bertz CT molecular complexity index is 725. The average Bonchev–Trinajstić information content (AvgIpc) is 3.20. The predicted molar refractivity (Wildman–Crippen MR) is 90.5 cm³/mol. The molecule has 4 unspecified atom stereocenters. The molecule has 0 radical (unpaired) electrons. The van der Waals surface area contributed by atoms with E-state index in [1.54, 1.807) is 7.11 Å². The Labute approximate surface area is 142 Å².